The van der Waals surface area contributed by atoms with E-state index in [1.807, 2.05) is 25.7 Å². The second-order valence-corrected chi connectivity index (χ2v) is 5.79. The third-order valence-electron chi connectivity index (χ3n) is 3.91. The molecule has 1 aromatic rings. The minimum absolute atomic E-state index is 0.552. The number of aliphatic hydroxyl groups excluding tert-OH is 1. The minimum atomic E-state index is -0.732. The molecular weight excluding hydrogens is 258 g/mol. The van der Waals surface area contributed by atoms with Crippen molar-refractivity contribution in [3.8, 4) is 5.75 Å². The van der Waals surface area contributed by atoms with E-state index in [2.05, 4.69) is 10.00 Å². The maximum Gasteiger partial charge on any atom is 0.162 e. The molecule has 0 amide bonds. The number of rotatable bonds is 6. The Morgan fingerprint density at radius 3 is 2.90 bits per heavy atom. The summed E-state index contributed by atoms with van der Waals surface area (Å²) in [7, 11) is 5.62. The van der Waals surface area contributed by atoms with Crippen molar-refractivity contribution in [2.75, 3.05) is 34.4 Å². The molecule has 6 nitrogen and oxygen atoms in total. The molecule has 2 atom stereocenters. The molecular formula is C14H25N3O3. The summed E-state index contributed by atoms with van der Waals surface area (Å²) in [6.45, 7) is 4.20. The molecule has 0 radical (unpaired) electrons. The first-order valence-electron chi connectivity index (χ1n) is 7.04. The summed E-state index contributed by atoms with van der Waals surface area (Å²) >= 11 is 0. The number of ether oxygens (including phenoxy) is 2. The summed E-state index contributed by atoms with van der Waals surface area (Å²) in [5.41, 5.74) is 0.155. The van der Waals surface area contributed by atoms with E-state index in [4.69, 9.17) is 9.47 Å². The fourth-order valence-corrected chi connectivity index (χ4v) is 2.59. The molecule has 2 rings (SSSR count). The third-order valence-corrected chi connectivity index (χ3v) is 3.91. The average molecular weight is 283 g/mol. The molecule has 1 fully saturated rings. The molecule has 0 bridgehead atoms. The minimum Gasteiger partial charge on any atom is -0.493 e. The molecule has 0 aliphatic carbocycles. The Balaban J connectivity index is 2.25. The van der Waals surface area contributed by atoms with Crippen LogP contribution in [0.5, 0.6) is 5.75 Å². The van der Waals surface area contributed by atoms with Crippen LogP contribution >= 0.6 is 0 Å². The highest BCUT2D eigenvalue weighted by Gasteiger charge is 2.41. The lowest BCUT2D eigenvalue weighted by Crippen LogP contribution is -2.34. The Morgan fingerprint density at radius 2 is 2.35 bits per heavy atom. The average Bonchev–Trinajstić information content (AvgIpc) is 3.02. The largest absolute Gasteiger partial charge is 0.493 e. The van der Waals surface area contributed by atoms with Crippen LogP contribution < -0.4 is 4.74 Å². The molecule has 0 spiro atoms. The van der Waals surface area contributed by atoms with E-state index in [-0.39, 0.29) is 0 Å². The first-order valence-corrected chi connectivity index (χ1v) is 7.04. The summed E-state index contributed by atoms with van der Waals surface area (Å²) < 4.78 is 12.9. The third kappa shape index (κ3) is 2.97. The van der Waals surface area contributed by atoms with Gasteiger partial charge in [0.15, 0.2) is 5.75 Å². The summed E-state index contributed by atoms with van der Waals surface area (Å²) in [6.07, 6.45) is 2.74. The maximum absolute atomic E-state index is 10.7. The number of aromatic nitrogens is 2. The van der Waals surface area contributed by atoms with Crippen LogP contribution in [0.25, 0.3) is 0 Å². The van der Waals surface area contributed by atoms with Gasteiger partial charge in [0.2, 0.25) is 0 Å². The molecule has 1 aromatic heterocycles. The van der Waals surface area contributed by atoms with Gasteiger partial charge in [0.1, 0.15) is 11.8 Å². The van der Waals surface area contributed by atoms with E-state index in [9.17, 15) is 5.11 Å². The molecule has 2 unspecified atom stereocenters. The van der Waals surface area contributed by atoms with Crippen LogP contribution in [0.1, 0.15) is 31.6 Å². The first kappa shape index (κ1) is 15.3. The molecule has 20 heavy (non-hydrogen) atoms. The van der Waals surface area contributed by atoms with Gasteiger partial charge in [-0.25, -0.2) is 0 Å². The van der Waals surface area contributed by atoms with E-state index >= 15 is 0 Å². The highest BCUT2D eigenvalue weighted by atomic mass is 16.5. The maximum atomic E-state index is 10.7. The van der Waals surface area contributed by atoms with Crippen LogP contribution in [-0.4, -0.2) is 59.7 Å². The van der Waals surface area contributed by atoms with Gasteiger partial charge in [-0.2, -0.15) is 5.10 Å². The number of nitrogens with zero attached hydrogens (tertiary/aromatic N) is 3. The Kier molecular flexibility index (Phi) is 4.67. The predicted molar refractivity (Wildman–Crippen MR) is 75.9 cm³/mol. The van der Waals surface area contributed by atoms with Gasteiger partial charge < -0.3 is 19.5 Å². The lowest BCUT2D eigenvalue weighted by Gasteiger charge is -2.30. The first-order chi connectivity index (χ1) is 9.48. The topological polar surface area (TPSA) is 59.8 Å². The van der Waals surface area contributed by atoms with Gasteiger partial charge in [-0.15, -0.1) is 0 Å². The summed E-state index contributed by atoms with van der Waals surface area (Å²) in [6, 6.07) is 0. The smallest absolute Gasteiger partial charge is 0.162 e. The van der Waals surface area contributed by atoms with Crippen molar-refractivity contribution in [2.24, 2.45) is 0 Å². The van der Waals surface area contributed by atoms with Crippen molar-refractivity contribution in [1.82, 2.24) is 14.7 Å². The van der Waals surface area contributed by atoms with Gasteiger partial charge in [-0.3, -0.25) is 4.68 Å². The fourth-order valence-electron chi connectivity index (χ4n) is 2.59. The summed E-state index contributed by atoms with van der Waals surface area (Å²) in [5.74, 6) is 0.619. The summed E-state index contributed by atoms with van der Waals surface area (Å²) in [4.78, 5) is 2.08. The van der Waals surface area contributed by atoms with Gasteiger partial charge >= 0.3 is 0 Å². The quantitative estimate of drug-likeness (QED) is 0.846. The SMILES string of the molecule is COc1cnn(CCN(C)C)c1C(O)C1(C)CCCO1. The Hall–Kier alpha value is -1.11. The van der Waals surface area contributed by atoms with Crippen molar-refractivity contribution in [2.45, 2.75) is 38.0 Å². The predicted octanol–water partition coefficient (Wildman–Crippen LogP) is 1.06. The molecule has 1 aliphatic rings. The second-order valence-electron chi connectivity index (χ2n) is 5.79. The number of hydrogen-bond donors (Lipinski definition) is 1. The van der Waals surface area contributed by atoms with Crippen LogP contribution in [-0.2, 0) is 11.3 Å². The van der Waals surface area contributed by atoms with E-state index in [1.165, 1.54) is 0 Å². The van der Waals surface area contributed by atoms with Gasteiger partial charge in [0.25, 0.3) is 0 Å². The summed E-state index contributed by atoms with van der Waals surface area (Å²) in [5, 5.41) is 15.1. The molecule has 1 saturated heterocycles. The molecule has 1 N–H and O–H groups in total. The molecule has 2 heterocycles. The fraction of sp³-hybridized carbons (Fsp3) is 0.786. The normalized spacial score (nSPS) is 24.3. The van der Waals surface area contributed by atoms with Crippen LogP contribution in [0.4, 0.5) is 0 Å². The van der Waals surface area contributed by atoms with Crippen molar-refractivity contribution >= 4 is 0 Å². The Bertz CT molecular complexity index is 439. The van der Waals surface area contributed by atoms with Gasteiger partial charge in [-0.1, -0.05) is 0 Å². The number of aliphatic hydroxyl groups is 1. The molecule has 0 aromatic carbocycles. The zero-order chi connectivity index (χ0) is 14.8. The monoisotopic (exact) mass is 283 g/mol. The Labute approximate surface area is 120 Å². The molecule has 0 saturated carbocycles. The van der Waals surface area contributed by atoms with Crippen molar-refractivity contribution < 1.29 is 14.6 Å². The van der Waals surface area contributed by atoms with Gasteiger partial charge in [-0.05, 0) is 33.9 Å². The molecule has 6 heteroatoms. The number of hydrogen-bond acceptors (Lipinski definition) is 5. The van der Waals surface area contributed by atoms with Crippen molar-refractivity contribution in [3.63, 3.8) is 0 Å². The lowest BCUT2D eigenvalue weighted by atomic mass is 9.93. The molecule has 114 valence electrons. The van der Waals surface area contributed by atoms with E-state index < -0.39 is 11.7 Å². The Morgan fingerprint density at radius 1 is 1.60 bits per heavy atom. The van der Waals surface area contributed by atoms with Crippen LogP contribution in [0.15, 0.2) is 6.20 Å². The molecule has 1 aliphatic heterocycles. The lowest BCUT2D eigenvalue weighted by molar-refractivity contribution is -0.0837. The zero-order valence-corrected chi connectivity index (χ0v) is 12.8. The highest BCUT2D eigenvalue weighted by molar-refractivity contribution is 5.29. The van der Waals surface area contributed by atoms with Crippen LogP contribution in [0.3, 0.4) is 0 Å². The van der Waals surface area contributed by atoms with Crippen molar-refractivity contribution in [1.29, 1.82) is 0 Å². The highest BCUT2D eigenvalue weighted by Crippen LogP contribution is 2.40. The van der Waals surface area contributed by atoms with Crippen molar-refractivity contribution in [3.05, 3.63) is 11.9 Å². The standard InChI is InChI=1S/C14H25N3O3/c1-14(6-5-9-20-14)13(18)12-11(19-4)10-15-17(12)8-7-16(2)3/h10,13,18H,5-9H2,1-4H3. The van der Waals surface area contributed by atoms with E-state index in [0.29, 0.717) is 24.6 Å². The number of methoxy groups -OCH3 is 1. The number of likely N-dealkylation sites (N-methyl/N-ethyl adjacent to an activating group) is 1. The van der Waals surface area contributed by atoms with E-state index in [1.54, 1.807) is 13.3 Å². The second kappa shape index (κ2) is 6.11. The van der Waals surface area contributed by atoms with Gasteiger partial charge in [0, 0.05) is 13.2 Å². The zero-order valence-electron chi connectivity index (χ0n) is 12.8. The van der Waals surface area contributed by atoms with E-state index in [0.717, 1.165) is 19.4 Å². The van der Waals surface area contributed by atoms with Gasteiger partial charge in [0.05, 0.1) is 25.5 Å². The van der Waals surface area contributed by atoms with Crippen LogP contribution in [0.2, 0.25) is 0 Å². The van der Waals surface area contributed by atoms with Crippen LogP contribution in [0, 0.1) is 0 Å².